The number of aromatic amines is 1. The number of para-hydroxylation sites is 1. The van der Waals surface area contributed by atoms with E-state index < -0.39 is 30.4 Å². The summed E-state index contributed by atoms with van der Waals surface area (Å²) >= 11 is 0. The molecular weight excluding hydrogens is 384 g/mol. The highest BCUT2D eigenvalue weighted by Crippen LogP contribution is 2.28. The third-order valence-corrected chi connectivity index (χ3v) is 5.21. The number of ketones is 1. The van der Waals surface area contributed by atoms with E-state index in [1.165, 1.54) is 0 Å². The summed E-state index contributed by atoms with van der Waals surface area (Å²) in [4.78, 5) is 54.9. The first kappa shape index (κ1) is 19.6. The molecule has 0 saturated heterocycles. The smallest absolute Gasteiger partial charge is 0.330 e. The second kappa shape index (κ2) is 7.59. The van der Waals surface area contributed by atoms with E-state index in [9.17, 15) is 19.2 Å². The van der Waals surface area contributed by atoms with Crippen LogP contribution < -0.4 is 0 Å². The van der Waals surface area contributed by atoms with Crippen LogP contribution in [0.25, 0.3) is 10.9 Å². The molecule has 0 saturated carbocycles. The molecule has 1 aromatic heterocycles. The standard InChI is InChI=1S/C23H20N2O5/c1-13(2)20(25-21(27)15-8-3-4-9-16(15)22(25)28)23(29)30-12-19(26)17-11-24-18-10-6-5-7-14(17)18/h3-11,13,20,24H,12H2,1-2H3/t20-/m1/s1. The Balaban J connectivity index is 1.52. The van der Waals surface area contributed by atoms with Crippen molar-refractivity contribution in [3.05, 3.63) is 71.4 Å². The normalized spacial score (nSPS) is 14.3. The van der Waals surface area contributed by atoms with Crippen LogP contribution in [0.4, 0.5) is 0 Å². The number of hydrogen-bond donors (Lipinski definition) is 1. The molecule has 4 rings (SSSR count). The highest BCUT2D eigenvalue weighted by atomic mass is 16.5. The maximum atomic E-state index is 12.8. The number of ether oxygens (including phenoxy) is 1. The monoisotopic (exact) mass is 404 g/mol. The lowest BCUT2D eigenvalue weighted by Crippen LogP contribution is -2.49. The molecule has 1 aliphatic rings. The summed E-state index contributed by atoms with van der Waals surface area (Å²) < 4.78 is 5.26. The highest BCUT2D eigenvalue weighted by molar-refractivity contribution is 6.22. The molecule has 1 N–H and O–H groups in total. The first-order valence-electron chi connectivity index (χ1n) is 9.63. The third kappa shape index (κ3) is 3.18. The largest absolute Gasteiger partial charge is 0.456 e. The van der Waals surface area contributed by atoms with Crippen molar-refractivity contribution >= 4 is 34.5 Å². The molecule has 2 heterocycles. The quantitative estimate of drug-likeness (QED) is 0.387. The number of carbonyl (C=O) groups excluding carboxylic acids is 4. The number of esters is 1. The summed E-state index contributed by atoms with van der Waals surface area (Å²) in [6, 6.07) is 12.6. The number of nitrogens with zero attached hydrogens (tertiary/aromatic N) is 1. The van der Waals surface area contributed by atoms with Crippen molar-refractivity contribution in [2.75, 3.05) is 6.61 Å². The fraction of sp³-hybridized carbons (Fsp3) is 0.217. The summed E-state index contributed by atoms with van der Waals surface area (Å²) in [5.41, 5.74) is 1.74. The number of hydrogen-bond acceptors (Lipinski definition) is 5. The van der Waals surface area contributed by atoms with Gasteiger partial charge in [0.05, 0.1) is 11.1 Å². The van der Waals surface area contributed by atoms with E-state index in [-0.39, 0.29) is 22.8 Å². The van der Waals surface area contributed by atoms with Crippen LogP contribution in [-0.2, 0) is 9.53 Å². The van der Waals surface area contributed by atoms with Crippen LogP contribution in [0.5, 0.6) is 0 Å². The number of amides is 2. The molecule has 0 aliphatic carbocycles. The number of H-pyrrole nitrogens is 1. The van der Waals surface area contributed by atoms with Crippen molar-refractivity contribution < 1.29 is 23.9 Å². The predicted molar refractivity (Wildman–Crippen MR) is 109 cm³/mol. The first-order valence-corrected chi connectivity index (χ1v) is 9.63. The van der Waals surface area contributed by atoms with Crippen molar-refractivity contribution in [2.45, 2.75) is 19.9 Å². The highest BCUT2D eigenvalue weighted by Gasteiger charge is 2.44. The van der Waals surface area contributed by atoms with Crippen molar-refractivity contribution in [1.29, 1.82) is 0 Å². The number of aromatic nitrogens is 1. The van der Waals surface area contributed by atoms with Gasteiger partial charge >= 0.3 is 5.97 Å². The zero-order chi connectivity index (χ0) is 21.4. The minimum Gasteiger partial charge on any atom is -0.456 e. The average Bonchev–Trinajstić information content (AvgIpc) is 3.28. The number of rotatable bonds is 6. The van der Waals surface area contributed by atoms with E-state index in [0.29, 0.717) is 5.56 Å². The van der Waals surface area contributed by atoms with Crippen LogP contribution in [0.3, 0.4) is 0 Å². The molecule has 0 spiro atoms. The Kier molecular flexibility index (Phi) is 4.95. The van der Waals surface area contributed by atoms with Gasteiger partial charge in [0.15, 0.2) is 6.61 Å². The van der Waals surface area contributed by atoms with Gasteiger partial charge in [-0.15, -0.1) is 0 Å². The molecule has 0 radical (unpaired) electrons. The van der Waals surface area contributed by atoms with Crippen molar-refractivity contribution in [1.82, 2.24) is 9.88 Å². The van der Waals surface area contributed by atoms with Gasteiger partial charge < -0.3 is 9.72 Å². The predicted octanol–water partition coefficient (Wildman–Crippen LogP) is 3.21. The minimum absolute atomic E-state index is 0.260. The second-order valence-electron chi connectivity index (χ2n) is 7.49. The topological polar surface area (TPSA) is 96.5 Å². The molecule has 3 aromatic rings. The maximum Gasteiger partial charge on any atom is 0.330 e. The molecule has 152 valence electrons. The van der Waals surface area contributed by atoms with Crippen molar-refractivity contribution in [2.24, 2.45) is 5.92 Å². The van der Waals surface area contributed by atoms with Crippen LogP contribution >= 0.6 is 0 Å². The molecule has 0 bridgehead atoms. The molecule has 0 fully saturated rings. The Morgan fingerprint density at radius 1 is 0.967 bits per heavy atom. The van der Waals surface area contributed by atoms with Gasteiger partial charge in [-0.25, -0.2) is 4.79 Å². The fourth-order valence-corrected chi connectivity index (χ4v) is 3.74. The summed E-state index contributed by atoms with van der Waals surface area (Å²) in [5, 5.41) is 0.735. The molecule has 30 heavy (non-hydrogen) atoms. The number of fused-ring (bicyclic) bond motifs is 2. The fourth-order valence-electron chi connectivity index (χ4n) is 3.74. The zero-order valence-electron chi connectivity index (χ0n) is 16.5. The first-order chi connectivity index (χ1) is 14.4. The Morgan fingerprint density at radius 2 is 1.57 bits per heavy atom. The van der Waals surface area contributed by atoms with Gasteiger partial charge in [-0.2, -0.15) is 0 Å². The lowest BCUT2D eigenvalue weighted by molar-refractivity contribution is -0.148. The van der Waals surface area contributed by atoms with E-state index in [2.05, 4.69) is 4.98 Å². The van der Waals surface area contributed by atoms with E-state index in [1.807, 2.05) is 18.2 Å². The minimum atomic E-state index is -1.12. The summed E-state index contributed by atoms with van der Waals surface area (Å²) in [6.07, 6.45) is 1.57. The Morgan fingerprint density at radius 3 is 2.20 bits per heavy atom. The van der Waals surface area contributed by atoms with E-state index in [4.69, 9.17) is 4.74 Å². The van der Waals surface area contributed by atoms with E-state index in [0.717, 1.165) is 15.8 Å². The van der Waals surface area contributed by atoms with Gasteiger partial charge in [0.25, 0.3) is 11.8 Å². The Hall–Kier alpha value is -3.74. The maximum absolute atomic E-state index is 12.8. The van der Waals surface area contributed by atoms with Gasteiger partial charge in [-0.05, 0) is 24.1 Å². The zero-order valence-corrected chi connectivity index (χ0v) is 16.5. The lowest BCUT2D eigenvalue weighted by atomic mass is 10.0. The molecule has 2 amide bonds. The molecule has 7 nitrogen and oxygen atoms in total. The lowest BCUT2D eigenvalue weighted by Gasteiger charge is -2.27. The van der Waals surface area contributed by atoms with Crippen LogP contribution in [0, 0.1) is 5.92 Å². The third-order valence-electron chi connectivity index (χ3n) is 5.21. The second-order valence-corrected chi connectivity index (χ2v) is 7.49. The summed E-state index contributed by atoms with van der Waals surface area (Å²) in [7, 11) is 0. The molecule has 1 aliphatic heterocycles. The number of benzene rings is 2. The van der Waals surface area contributed by atoms with Gasteiger partial charge in [-0.3, -0.25) is 19.3 Å². The Labute approximate surface area is 172 Å². The molecule has 1 atom stereocenters. The molecule has 0 unspecified atom stereocenters. The number of nitrogens with one attached hydrogen (secondary N) is 1. The number of Topliss-reactive ketones (excluding diaryl/α,β-unsaturated/α-hetero) is 1. The van der Waals surface area contributed by atoms with E-state index >= 15 is 0 Å². The van der Waals surface area contributed by atoms with E-state index in [1.54, 1.807) is 50.4 Å². The summed E-state index contributed by atoms with van der Waals surface area (Å²) in [6.45, 7) is 2.96. The van der Waals surface area contributed by atoms with Crippen molar-refractivity contribution in [3.63, 3.8) is 0 Å². The molecule has 2 aromatic carbocycles. The van der Waals surface area contributed by atoms with Gasteiger partial charge in [0.1, 0.15) is 6.04 Å². The summed E-state index contributed by atoms with van der Waals surface area (Å²) in [5.74, 6) is -2.61. The van der Waals surface area contributed by atoms with Gasteiger partial charge in [0.2, 0.25) is 5.78 Å². The van der Waals surface area contributed by atoms with Crippen LogP contribution in [0.2, 0.25) is 0 Å². The average molecular weight is 404 g/mol. The Bertz CT molecular complexity index is 1140. The molecular formula is C23H20N2O5. The SMILES string of the molecule is CC(C)[C@H](C(=O)OCC(=O)c1c[nH]c2ccccc12)N1C(=O)c2ccccc2C1=O. The van der Waals surface area contributed by atoms with Gasteiger partial charge in [0, 0.05) is 22.7 Å². The van der Waals surface area contributed by atoms with Gasteiger partial charge in [-0.1, -0.05) is 44.2 Å². The van der Waals surface area contributed by atoms with Crippen molar-refractivity contribution in [3.8, 4) is 0 Å². The van der Waals surface area contributed by atoms with Crippen LogP contribution in [0.15, 0.2) is 54.7 Å². The molecule has 7 heteroatoms. The number of imide groups is 1. The van der Waals surface area contributed by atoms with Crippen LogP contribution in [-0.4, -0.2) is 46.1 Å². The van der Waals surface area contributed by atoms with Crippen LogP contribution in [0.1, 0.15) is 44.9 Å². The number of carbonyl (C=O) groups is 4.